The summed E-state index contributed by atoms with van der Waals surface area (Å²) >= 11 is 0. The molecule has 304 valence electrons. The molecule has 3 heterocycles. The predicted octanol–water partition coefficient (Wildman–Crippen LogP) is 8.91. The summed E-state index contributed by atoms with van der Waals surface area (Å²) in [5, 5.41) is 25.1. The van der Waals surface area contributed by atoms with E-state index in [4.69, 9.17) is 19.7 Å². The van der Waals surface area contributed by atoms with Gasteiger partial charge in [0.2, 0.25) is 12.0 Å². The Morgan fingerprint density at radius 2 is 1.47 bits per heavy atom. The fourth-order valence-corrected chi connectivity index (χ4v) is 6.31. The number of benzene rings is 3. The molecule has 1 aliphatic rings. The lowest BCUT2D eigenvalue weighted by Gasteiger charge is -2.06. The summed E-state index contributed by atoms with van der Waals surface area (Å²) < 4.78 is 5.32. The van der Waals surface area contributed by atoms with E-state index in [1.54, 1.807) is 43.0 Å². The van der Waals surface area contributed by atoms with Crippen LogP contribution in [0.4, 0.5) is 0 Å². The number of hydrogen-bond donors (Lipinski definition) is 5. The Bertz CT molecular complexity index is 2060. The second-order valence-electron chi connectivity index (χ2n) is 14.0. The molecule has 0 saturated carbocycles. The summed E-state index contributed by atoms with van der Waals surface area (Å²) in [4.78, 5) is 54.6. The number of nitrogens with one attached hydrogen (secondary N) is 3. The van der Waals surface area contributed by atoms with Crippen molar-refractivity contribution in [3.63, 3.8) is 0 Å². The number of amides is 1. The zero-order chi connectivity index (χ0) is 41.0. The Labute approximate surface area is 338 Å². The SMILES string of the molecule is CCCCCCCCCCCCNC(=O)C=Cc1ccc(-c2[nH]c(-c3ccc(C4=NOC(C(=O)O)C4)cc3)nc2-c2ccc(OCC(=O)O)cc2)cc1.c1c[nH]cn1. The molecule has 1 amide bonds. The number of H-pyrrole nitrogens is 2. The van der Waals surface area contributed by atoms with E-state index in [0.29, 0.717) is 29.5 Å². The van der Waals surface area contributed by atoms with E-state index < -0.39 is 24.6 Å². The highest BCUT2D eigenvalue weighted by atomic mass is 16.7. The van der Waals surface area contributed by atoms with E-state index in [1.807, 2.05) is 60.7 Å². The van der Waals surface area contributed by atoms with Crippen molar-refractivity contribution in [1.29, 1.82) is 0 Å². The van der Waals surface area contributed by atoms with Crippen molar-refractivity contribution in [3.05, 3.63) is 109 Å². The van der Waals surface area contributed by atoms with Crippen molar-refractivity contribution in [1.82, 2.24) is 25.3 Å². The molecule has 58 heavy (non-hydrogen) atoms. The van der Waals surface area contributed by atoms with Gasteiger partial charge in [-0.05, 0) is 47.9 Å². The van der Waals surface area contributed by atoms with Gasteiger partial charge >= 0.3 is 11.9 Å². The van der Waals surface area contributed by atoms with Crippen LogP contribution in [-0.4, -0.2) is 73.0 Å². The third kappa shape index (κ3) is 13.6. The first-order chi connectivity index (χ1) is 28.3. The van der Waals surface area contributed by atoms with Gasteiger partial charge in [0.1, 0.15) is 11.6 Å². The minimum atomic E-state index is -1.06. The van der Waals surface area contributed by atoms with E-state index >= 15 is 0 Å². The average Bonchev–Trinajstić information content (AvgIpc) is 4.06. The number of carbonyl (C=O) groups excluding carboxylic acids is 1. The number of carboxylic acids is 2. The van der Waals surface area contributed by atoms with Crippen molar-refractivity contribution in [2.24, 2.45) is 5.16 Å². The van der Waals surface area contributed by atoms with Gasteiger partial charge in [-0.3, -0.25) is 4.79 Å². The van der Waals surface area contributed by atoms with Gasteiger partial charge in [0.15, 0.2) is 6.61 Å². The number of oxime groups is 1. The van der Waals surface area contributed by atoms with Gasteiger partial charge in [0.05, 0.1) is 23.4 Å². The van der Waals surface area contributed by atoms with Gasteiger partial charge < -0.3 is 35.1 Å². The van der Waals surface area contributed by atoms with Crippen LogP contribution in [0, 0.1) is 0 Å². The summed E-state index contributed by atoms with van der Waals surface area (Å²) in [6.45, 7) is 2.48. The van der Waals surface area contributed by atoms with Gasteiger partial charge in [-0.25, -0.2) is 19.6 Å². The maximum absolute atomic E-state index is 12.5. The van der Waals surface area contributed by atoms with Crippen LogP contribution in [0.3, 0.4) is 0 Å². The van der Waals surface area contributed by atoms with Gasteiger partial charge in [-0.2, -0.15) is 0 Å². The molecule has 2 aromatic heterocycles. The molecular formula is C45H52N6O7. The number of ether oxygens (including phenoxy) is 1. The summed E-state index contributed by atoms with van der Waals surface area (Å²) in [5.74, 6) is -1.18. The summed E-state index contributed by atoms with van der Waals surface area (Å²) in [6, 6.07) is 22.4. The Balaban J connectivity index is 0.00000119. The van der Waals surface area contributed by atoms with Gasteiger partial charge in [-0.15, -0.1) is 0 Å². The number of carbonyl (C=O) groups is 3. The molecule has 13 nitrogen and oxygen atoms in total. The van der Waals surface area contributed by atoms with Gasteiger partial charge in [-0.1, -0.05) is 118 Å². The predicted molar refractivity (Wildman–Crippen MR) is 224 cm³/mol. The minimum absolute atomic E-state index is 0.110. The number of aliphatic carboxylic acids is 2. The van der Waals surface area contributed by atoms with E-state index in [2.05, 4.69) is 32.3 Å². The molecule has 0 saturated heterocycles. The molecule has 6 rings (SSSR count). The lowest BCUT2D eigenvalue weighted by Crippen LogP contribution is -2.21. The molecule has 1 unspecified atom stereocenters. The maximum atomic E-state index is 12.5. The third-order valence-electron chi connectivity index (χ3n) is 9.49. The summed E-state index contributed by atoms with van der Waals surface area (Å²) in [7, 11) is 0. The minimum Gasteiger partial charge on any atom is -0.482 e. The smallest absolute Gasteiger partial charge is 0.348 e. The molecule has 1 aliphatic heterocycles. The molecule has 0 fully saturated rings. The molecule has 1 atom stereocenters. The quantitative estimate of drug-likeness (QED) is 0.0357. The fraction of sp³-hybridized carbons (Fsp3) is 0.333. The standard InChI is InChI=1S/C42H48N4O7.C3H4N2/c1-2-3-4-5-6-7-8-9-10-11-26-43-37(47)25-14-29-12-15-31(16-13-29)39-40(32-21-23-34(24-22-32)52-28-38(48)49)45-41(44-39)33-19-17-30(18-20-33)35-27-36(42(50)51)53-46-35;1-2-5-3-4-1/h12-25,36H,2-11,26-28H2,1H3,(H,43,47)(H,44,45)(H,48,49)(H,50,51);1-3H,(H,4,5). The molecule has 0 spiro atoms. The number of aromatic amines is 2. The monoisotopic (exact) mass is 788 g/mol. The Hall–Kier alpha value is -6.50. The lowest BCUT2D eigenvalue weighted by atomic mass is 10.0. The summed E-state index contributed by atoms with van der Waals surface area (Å²) in [5.41, 5.74) is 6.13. The fourth-order valence-electron chi connectivity index (χ4n) is 6.31. The number of unbranched alkanes of at least 4 members (excludes halogenated alkanes) is 9. The number of imidazole rings is 2. The Kier molecular flexibility index (Phi) is 16.8. The molecular weight excluding hydrogens is 737 g/mol. The summed E-state index contributed by atoms with van der Waals surface area (Å²) in [6.07, 6.45) is 20.2. The lowest BCUT2D eigenvalue weighted by molar-refractivity contribution is -0.148. The van der Waals surface area contributed by atoms with Gasteiger partial charge in [0, 0.05) is 48.1 Å². The first-order valence-electron chi connectivity index (χ1n) is 19.9. The second-order valence-corrected chi connectivity index (χ2v) is 14.0. The largest absolute Gasteiger partial charge is 0.482 e. The highest BCUT2D eigenvalue weighted by molar-refractivity contribution is 6.03. The van der Waals surface area contributed by atoms with Crippen molar-refractivity contribution in [2.45, 2.75) is 83.7 Å². The van der Waals surface area contributed by atoms with E-state index in [1.165, 1.54) is 51.4 Å². The van der Waals surface area contributed by atoms with Crippen LogP contribution in [0.15, 0.2) is 103 Å². The van der Waals surface area contributed by atoms with Crippen molar-refractivity contribution in [3.8, 4) is 39.7 Å². The average molecular weight is 789 g/mol. The van der Waals surface area contributed by atoms with Crippen molar-refractivity contribution < 1.29 is 34.2 Å². The van der Waals surface area contributed by atoms with Crippen LogP contribution in [0.2, 0.25) is 0 Å². The number of carboxylic acid groups (broad SMARTS) is 2. The zero-order valence-electron chi connectivity index (χ0n) is 32.9. The van der Waals surface area contributed by atoms with Crippen LogP contribution < -0.4 is 10.1 Å². The van der Waals surface area contributed by atoms with Crippen molar-refractivity contribution >= 4 is 29.6 Å². The zero-order valence-corrected chi connectivity index (χ0v) is 32.9. The number of aromatic nitrogens is 4. The molecule has 13 heteroatoms. The molecule has 0 bridgehead atoms. The van der Waals surface area contributed by atoms with Crippen LogP contribution >= 0.6 is 0 Å². The van der Waals surface area contributed by atoms with Crippen LogP contribution in [0.1, 0.15) is 88.7 Å². The van der Waals surface area contributed by atoms with Crippen LogP contribution in [0.5, 0.6) is 5.75 Å². The Morgan fingerprint density at radius 3 is 2.05 bits per heavy atom. The first kappa shape index (κ1) is 42.6. The first-order valence-corrected chi connectivity index (χ1v) is 19.9. The van der Waals surface area contributed by atoms with E-state index in [0.717, 1.165) is 46.4 Å². The van der Waals surface area contributed by atoms with Gasteiger partial charge in [0.25, 0.3) is 0 Å². The van der Waals surface area contributed by atoms with Crippen LogP contribution in [0.25, 0.3) is 40.0 Å². The molecule has 0 radical (unpaired) electrons. The van der Waals surface area contributed by atoms with E-state index in [9.17, 15) is 19.5 Å². The maximum Gasteiger partial charge on any atom is 0.348 e. The highest BCUT2D eigenvalue weighted by Gasteiger charge is 2.28. The molecule has 3 aromatic carbocycles. The number of nitrogens with zero attached hydrogens (tertiary/aromatic N) is 3. The Morgan fingerprint density at radius 1 is 0.828 bits per heavy atom. The number of rotatable bonds is 21. The van der Waals surface area contributed by atoms with Crippen molar-refractivity contribution in [2.75, 3.05) is 13.2 Å². The number of hydrogen-bond acceptors (Lipinski definition) is 8. The van der Waals surface area contributed by atoms with E-state index in [-0.39, 0.29) is 12.3 Å². The third-order valence-corrected chi connectivity index (χ3v) is 9.49. The normalized spacial score (nSPS) is 13.3. The van der Waals surface area contributed by atoms with Crippen LogP contribution in [-0.2, 0) is 19.2 Å². The molecule has 5 aromatic rings. The highest BCUT2D eigenvalue weighted by Crippen LogP contribution is 2.34. The molecule has 5 N–H and O–H groups in total. The molecule has 0 aliphatic carbocycles. The topological polar surface area (TPSA) is 192 Å². The second kappa shape index (κ2) is 22.9.